The van der Waals surface area contributed by atoms with Gasteiger partial charge >= 0.3 is 0 Å². The van der Waals surface area contributed by atoms with E-state index in [4.69, 9.17) is 14.1 Å². The molecule has 0 aliphatic heterocycles. The average Bonchev–Trinajstić information content (AvgIpc) is 3.84. The quantitative estimate of drug-likeness (QED) is 0.213. The fourth-order valence-corrected chi connectivity index (χ4v) is 7.32. The van der Waals surface area contributed by atoms with E-state index in [2.05, 4.69) is 111 Å². The van der Waals surface area contributed by atoms with Crippen LogP contribution in [0.1, 0.15) is 9.68 Å². The van der Waals surface area contributed by atoms with Crippen LogP contribution in [0.4, 0.5) is 0 Å². The van der Waals surface area contributed by atoms with Crippen molar-refractivity contribution in [3.63, 3.8) is 0 Å². The number of hydrogen-bond acceptors (Lipinski definition) is 2. The van der Waals surface area contributed by atoms with E-state index in [1.165, 1.54) is 5.39 Å². The van der Waals surface area contributed by atoms with Crippen molar-refractivity contribution >= 4 is 54.6 Å². The molecule has 0 atom stereocenters. The van der Waals surface area contributed by atoms with Crippen molar-refractivity contribution in [1.29, 1.82) is 0 Å². The van der Waals surface area contributed by atoms with Crippen molar-refractivity contribution in [3.8, 4) is 34.0 Å². The van der Waals surface area contributed by atoms with Gasteiger partial charge in [0.05, 0.1) is 27.6 Å². The fraction of sp³-hybridized carbons (Fsp3) is 0.0233. The molecular formula is C43H29N5. The first-order chi connectivity index (χ1) is 24.9. The van der Waals surface area contributed by atoms with Gasteiger partial charge in [-0.05, 0) is 67.0 Å². The maximum Gasteiger partial charge on any atom is 0.147 e. The highest BCUT2D eigenvalue weighted by Crippen LogP contribution is 2.40. The highest BCUT2D eigenvalue weighted by Gasteiger charge is 2.21. The molecule has 6 aromatic carbocycles. The molecule has 0 spiro atoms. The molecular weight excluding hydrogens is 587 g/mol. The lowest BCUT2D eigenvalue weighted by atomic mass is 10.0. The third-order valence-electron chi connectivity index (χ3n) is 9.46. The topological polar surface area (TPSA) is 51.4 Å². The van der Waals surface area contributed by atoms with E-state index >= 15 is 0 Å². The molecule has 0 aliphatic carbocycles. The second kappa shape index (κ2) is 10.3. The van der Waals surface area contributed by atoms with Gasteiger partial charge in [-0.1, -0.05) is 96.6 Å². The summed E-state index contributed by atoms with van der Waals surface area (Å²) in [6, 6.07) is 49.1. The summed E-state index contributed by atoms with van der Waals surface area (Å²) in [6.45, 7) is -2.20. The number of H-pyrrole nitrogens is 1. The first-order valence-corrected chi connectivity index (χ1v) is 16.0. The van der Waals surface area contributed by atoms with Gasteiger partial charge in [-0.2, -0.15) is 0 Å². The molecule has 0 fully saturated rings. The number of nitrogens with one attached hydrogen (secondary N) is 1. The number of imidazole rings is 1. The summed E-state index contributed by atoms with van der Waals surface area (Å²) in [4.78, 5) is 13.8. The Hall–Kier alpha value is -6.46. The molecule has 0 radical (unpaired) electrons. The third kappa shape index (κ3) is 3.91. The summed E-state index contributed by atoms with van der Waals surface area (Å²) in [5, 5.41) is 4.59. The van der Waals surface area contributed by atoms with E-state index < -0.39 is 6.85 Å². The van der Waals surface area contributed by atoms with E-state index in [0.29, 0.717) is 5.56 Å². The van der Waals surface area contributed by atoms with E-state index in [9.17, 15) is 0 Å². The molecule has 0 saturated carbocycles. The summed E-state index contributed by atoms with van der Waals surface area (Å²) in [6.07, 6.45) is 1.83. The monoisotopic (exact) mass is 618 g/mol. The first-order valence-electron chi connectivity index (χ1n) is 17.5. The Labute approximate surface area is 280 Å². The third-order valence-corrected chi connectivity index (χ3v) is 9.46. The maximum atomic E-state index is 7.96. The molecule has 0 aliphatic rings. The number of fused-ring (bicyclic) bond motifs is 7. The number of rotatable bonds is 4. The molecule has 0 bridgehead atoms. The van der Waals surface area contributed by atoms with Crippen molar-refractivity contribution in [2.75, 3.05) is 0 Å². The van der Waals surface area contributed by atoms with E-state index in [1.54, 1.807) is 12.1 Å². The molecule has 0 amide bonds. The van der Waals surface area contributed by atoms with Crippen LogP contribution in [0.5, 0.6) is 0 Å². The van der Waals surface area contributed by atoms with Crippen LogP contribution in [0.2, 0.25) is 0 Å². The van der Waals surface area contributed by atoms with Crippen molar-refractivity contribution in [3.05, 3.63) is 157 Å². The van der Waals surface area contributed by atoms with Gasteiger partial charge in [0.2, 0.25) is 0 Å². The highest BCUT2D eigenvalue weighted by atomic mass is 15.1. The second-order valence-corrected chi connectivity index (χ2v) is 12.2. The lowest BCUT2D eigenvalue weighted by Gasteiger charge is -2.11. The first kappa shape index (κ1) is 23.8. The summed E-state index contributed by atoms with van der Waals surface area (Å²) in [7, 11) is 0. The largest absolute Gasteiger partial charge is 0.354 e. The number of aromatic nitrogens is 5. The van der Waals surface area contributed by atoms with Gasteiger partial charge in [0.1, 0.15) is 11.6 Å². The molecule has 5 nitrogen and oxygen atoms in total. The van der Waals surface area contributed by atoms with Crippen LogP contribution in [0.25, 0.3) is 88.7 Å². The Morgan fingerprint density at radius 1 is 0.583 bits per heavy atom. The Morgan fingerprint density at radius 2 is 1.33 bits per heavy atom. The fourth-order valence-electron chi connectivity index (χ4n) is 7.32. The molecule has 1 N–H and O–H groups in total. The Kier molecular flexibility index (Phi) is 5.10. The SMILES string of the molecule is [2H]C([2H])([2H])c1ccc(-n2c(-c3cccc4c3[nH]c3ccccc34)nc3c(-c4ccc5c6ccccc6n(-c6ccccn6)c5c4)cccc32)cc1. The average molecular weight is 619 g/mol. The van der Waals surface area contributed by atoms with E-state index in [0.717, 1.165) is 83.3 Å². The number of benzene rings is 6. The normalized spacial score (nSPS) is 13.0. The van der Waals surface area contributed by atoms with Crippen LogP contribution < -0.4 is 0 Å². The lowest BCUT2D eigenvalue weighted by molar-refractivity contribution is 1.08. The van der Waals surface area contributed by atoms with E-state index in [-0.39, 0.29) is 0 Å². The number of pyridine rings is 1. The molecule has 48 heavy (non-hydrogen) atoms. The predicted octanol–water partition coefficient (Wildman–Crippen LogP) is 10.8. The predicted molar refractivity (Wildman–Crippen MR) is 198 cm³/mol. The van der Waals surface area contributed by atoms with Gasteiger partial charge in [0.25, 0.3) is 0 Å². The van der Waals surface area contributed by atoms with Gasteiger partial charge < -0.3 is 4.98 Å². The molecule has 0 saturated heterocycles. The van der Waals surface area contributed by atoms with Crippen molar-refractivity contribution in [2.24, 2.45) is 0 Å². The minimum absolute atomic E-state index is 0.298. The van der Waals surface area contributed by atoms with Gasteiger partial charge in [-0.15, -0.1) is 0 Å². The Bertz CT molecular complexity index is 2950. The minimum atomic E-state index is -2.20. The van der Waals surface area contributed by atoms with Crippen LogP contribution in [0.3, 0.4) is 0 Å². The van der Waals surface area contributed by atoms with Crippen LogP contribution in [-0.2, 0) is 0 Å². The summed E-state index contributed by atoms with van der Waals surface area (Å²) >= 11 is 0. The van der Waals surface area contributed by atoms with Crippen molar-refractivity contribution < 1.29 is 4.11 Å². The number of aryl methyl sites for hydroxylation is 1. The van der Waals surface area contributed by atoms with Crippen molar-refractivity contribution in [2.45, 2.75) is 6.85 Å². The second-order valence-electron chi connectivity index (χ2n) is 12.2. The zero-order valence-corrected chi connectivity index (χ0v) is 25.7. The molecule has 4 aromatic heterocycles. The Balaban J connectivity index is 1.25. The van der Waals surface area contributed by atoms with Gasteiger partial charge in [-0.3, -0.25) is 9.13 Å². The number of nitrogens with zero attached hydrogens (tertiary/aromatic N) is 4. The maximum absolute atomic E-state index is 7.96. The van der Waals surface area contributed by atoms with Crippen LogP contribution in [-0.4, -0.2) is 24.1 Å². The summed E-state index contributed by atoms with van der Waals surface area (Å²) in [5.74, 6) is 1.62. The molecule has 226 valence electrons. The number of aromatic amines is 1. The number of hydrogen-bond donors (Lipinski definition) is 1. The summed E-state index contributed by atoms with van der Waals surface area (Å²) in [5.41, 5.74) is 10.1. The highest BCUT2D eigenvalue weighted by molar-refractivity contribution is 6.13. The molecule has 10 rings (SSSR count). The van der Waals surface area contributed by atoms with Crippen LogP contribution >= 0.6 is 0 Å². The molecule has 5 heteroatoms. The molecule has 4 heterocycles. The Morgan fingerprint density at radius 3 is 2.21 bits per heavy atom. The molecule has 0 unspecified atom stereocenters. The smallest absolute Gasteiger partial charge is 0.147 e. The minimum Gasteiger partial charge on any atom is -0.354 e. The summed E-state index contributed by atoms with van der Waals surface area (Å²) < 4.78 is 28.2. The van der Waals surface area contributed by atoms with Gasteiger partial charge in [-0.25, -0.2) is 9.97 Å². The van der Waals surface area contributed by atoms with Crippen molar-refractivity contribution in [1.82, 2.24) is 24.1 Å². The van der Waals surface area contributed by atoms with Crippen LogP contribution in [0.15, 0.2) is 152 Å². The molecule has 10 aromatic rings. The number of para-hydroxylation sites is 4. The zero-order chi connectivity index (χ0) is 34.3. The standard InChI is InChI=1S/C43H29N5/c1-27-19-22-29(23-20-27)47-38-17-9-12-30(42(38)46-43(47)35-14-8-13-34-31-10-2-4-15-36(31)45-41(34)35)28-21-24-33-32-11-3-5-16-37(32)48(39(33)26-28)40-18-6-7-25-44-40/h2-26,45H,1H3/i1D3. The van der Waals surface area contributed by atoms with Crippen LogP contribution in [0, 0.1) is 6.85 Å². The van der Waals surface area contributed by atoms with E-state index in [1.807, 2.05) is 42.6 Å². The van der Waals surface area contributed by atoms with Gasteiger partial charge in [0.15, 0.2) is 0 Å². The van der Waals surface area contributed by atoms with Gasteiger partial charge in [0, 0.05) is 54.2 Å². The lowest BCUT2D eigenvalue weighted by Crippen LogP contribution is -1.98. The zero-order valence-electron chi connectivity index (χ0n) is 28.7.